The molecule has 0 bridgehead atoms. The van der Waals surface area contributed by atoms with Crippen LogP contribution in [0.1, 0.15) is 20.0 Å². The number of para-hydroxylation sites is 1. The maximum Gasteiger partial charge on any atom is 0.337 e. The Morgan fingerprint density at radius 2 is 1.74 bits per heavy atom. The van der Waals surface area contributed by atoms with Crippen molar-refractivity contribution in [2.75, 3.05) is 12.4 Å². The molecule has 1 amide bonds. The highest BCUT2D eigenvalue weighted by Crippen LogP contribution is 2.34. The SMILES string of the molecule is COC(=O)c1ccc(NC(=O)c2ccc(-c3nc4ccccc4s3)s2)cc1. The number of methoxy groups -OCH3 is 1. The molecule has 0 aliphatic heterocycles. The van der Waals surface area contributed by atoms with E-state index in [4.69, 9.17) is 0 Å². The van der Waals surface area contributed by atoms with E-state index in [0.29, 0.717) is 16.1 Å². The molecule has 2 aromatic carbocycles. The summed E-state index contributed by atoms with van der Waals surface area (Å²) >= 11 is 3.01. The van der Waals surface area contributed by atoms with Crippen molar-refractivity contribution >= 4 is 50.5 Å². The Labute approximate surface area is 163 Å². The third-order valence-electron chi connectivity index (χ3n) is 3.90. The predicted octanol–water partition coefficient (Wildman–Crippen LogP) is 5.06. The molecule has 0 saturated heterocycles. The number of aromatic nitrogens is 1. The molecule has 5 nitrogen and oxygen atoms in total. The lowest BCUT2D eigenvalue weighted by atomic mass is 10.2. The van der Waals surface area contributed by atoms with E-state index in [1.807, 2.05) is 30.3 Å². The number of nitrogens with one attached hydrogen (secondary N) is 1. The number of carbonyl (C=O) groups excluding carboxylic acids is 2. The van der Waals surface area contributed by atoms with E-state index in [-0.39, 0.29) is 5.91 Å². The highest BCUT2D eigenvalue weighted by atomic mass is 32.1. The van der Waals surface area contributed by atoms with Crippen molar-refractivity contribution in [3.8, 4) is 9.88 Å². The molecule has 7 heteroatoms. The fraction of sp³-hybridized carbons (Fsp3) is 0.0500. The number of hydrogen-bond acceptors (Lipinski definition) is 6. The molecule has 134 valence electrons. The van der Waals surface area contributed by atoms with Gasteiger partial charge >= 0.3 is 5.97 Å². The standard InChI is InChI=1S/C20H14N2O3S2/c1-25-20(24)12-6-8-13(9-7-12)21-18(23)16-10-11-17(26-16)19-22-14-4-2-3-5-15(14)27-19/h2-11H,1H3,(H,21,23). The van der Waals surface area contributed by atoms with Gasteiger partial charge in [-0.1, -0.05) is 12.1 Å². The Morgan fingerprint density at radius 1 is 0.963 bits per heavy atom. The van der Waals surface area contributed by atoms with Crippen molar-refractivity contribution < 1.29 is 14.3 Å². The second-order valence-electron chi connectivity index (χ2n) is 5.67. The number of ether oxygens (including phenoxy) is 1. The van der Waals surface area contributed by atoms with Crippen LogP contribution in [0.15, 0.2) is 60.7 Å². The van der Waals surface area contributed by atoms with E-state index >= 15 is 0 Å². The second kappa shape index (κ2) is 7.30. The number of anilines is 1. The lowest BCUT2D eigenvalue weighted by Gasteiger charge is -2.04. The Morgan fingerprint density at radius 3 is 2.48 bits per heavy atom. The van der Waals surface area contributed by atoms with E-state index in [0.717, 1.165) is 20.1 Å². The summed E-state index contributed by atoms with van der Waals surface area (Å²) in [6.07, 6.45) is 0. The van der Waals surface area contributed by atoms with Gasteiger partial charge in [0, 0.05) is 5.69 Å². The average Bonchev–Trinajstić information content (AvgIpc) is 3.34. The number of thiophene rings is 1. The molecule has 0 spiro atoms. The summed E-state index contributed by atoms with van der Waals surface area (Å²) in [4.78, 5) is 30.1. The van der Waals surface area contributed by atoms with Crippen LogP contribution in [0.2, 0.25) is 0 Å². The number of carbonyl (C=O) groups is 2. The summed E-state index contributed by atoms with van der Waals surface area (Å²) in [6.45, 7) is 0. The largest absolute Gasteiger partial charge is 0.465 e. The van der Waals surface area contributed by atoms with E-state index in [9.17, 15) is 9.59 Å². The summed E-state index contributed by atoms with van der Waals surface area (Å²) in [7, 11) is 1.33. The monoisotopic (exact) mass is 394 g/mol. The summed E-state index contributed by atoms with van der Waals surface area (Å²) in [5.74, 6) is -0.607. The van der Waals surface area contributed by atoms with Crippen LogP contribution in [0.25, 0.3) is 20.1 Å². The zero-order valence-corrected chi connectivity index (χ0v) is 15.9. The summed E-state index contributed by atoms with van der Waals surface area (Å²) < 4.78 is 5.79. The summed E-state index contributed by atoms with van der Waals surface area (Å²) in [5.41, 5.74) is 2.01. The van der Waals surface area contributed by atoms with E-state index < -0.39 is 5.97 Å². The van der Waals surface area contributed by atoms with Gasteiger partial charge in [0.05, 0.1) is 32.6 Å². The van der Waals surface area contributed by atoms with E-state index in [1.165, 1.54) is 18.4 Å². The van der Waals surface area contributed by atoms with E-state index in [2.05, 4.69) is 15.0 Å². The molecular weight excluding hydrogens is 380 g/mol. The number of thiazole rings is 1. The van der Waals surface area contributed by atoms with Crippen LogP contribution in [0, 0.1) is 0 Å². The first-order valence-corrected chi connectivity index (χ1v) is 9.73. The maximum absolute atomic E-state index is 12.5. The second-order valence-corrected chi connectivity index (χ2v) is 7.79. The molecule has 2 heterocycles. The number of nitrogens with zero attached hydrogens (tertiary/aromatic N) is 1. The number of esters is 1. The summed E-state index contributed by atoms with van der Waals surface area (Å²) in [6, 6.07) is 18.3. The fourth-order valence-electron chi connectivity index (χ4n) is 2.55. The minimum absolute atomic E-state index is 0.196. The van der Waals surface area contributed by atoms with Crippen LogP contribution in [0.5, 0.6) is 0 Å². The van der Waals surface area contributed by atoms with Crippen molar-refractivity contribution in [1.29, 1.82) is 0 Å². The third-order valence-corrected chi connectivity index (χ3v) is 6.19. The number of amides is 1. The zero-order chi connectivity index (χ0) is 18.8. The minimum Gasteiger partial charge on any atom is -0.465 e. The van der Waals surface area contributed by atoms with Crippen LogP contribution in [0.4, 0.5) is 5.69 Å². The number of benzene rings is 2. The Hall–Kier alpha value is -3.03. The molecule has 4 aromatic rings. The van der Waals surface area contributed by atoms with Crippen LogP contribution < -0.4 is 5.32 Å². The van der Waals surface area contributed by atoms with Gasteiger partial charge in [-0.3, -0.25) is 4.79 Å². The van der Waals surface area contributed by atoms with Gasteiger partial charge in [-0.25, -0.2) is 9.78 Å². The Balaban J connectivity index is 1.50. The lowest BCUT2D eigenvalue weighted by Crippen LogP contribution is -2.10. The molecule has 0 unspecified atom stereocenters. The van der Waals surface area contributed by atoms with Crippen molar-refractivity contribution in [2.24, 2.45) is 0 Å². The highest BCUT2D eigenvalue weighted by Gasteiger charge is 2.14. The summed E-state index contributed by atoms with van der Waals surface area (Å²) in [5, 5.41) is 3.74. The predicted molar refractivity (Wildman–Crippen MR) is 109 cm³/mol. The first kappa shape index (κ1) is 17.4. The first-order chi connectivity index (χ1) is 13.1. The fourth-order valence-corrected chi connectivity index (χ4v) is 4.47. The van der Waals surface area contributed by atoms with Crippen LogP contribution in [-0.4, -0.2) is 24.0 Å². The van der Waals surface area contributed by atoms with Crippen molar-refractivity contribution in [2.45, 2.75) is 0 Å². The van der Waals surface area contributed by atoms with Gasteiger partial charge in [0.25, 0.3) is 5.91 Å². The average molecular weight is 394 g/mol. The van der Waals surface area contributed by atoms with Crippen LogP contribution in [-0.2, 0) is 4.74 Å². The molecule has 27 heavy (non-hydrogen) atoms. The molecule has 0 aliphatic rings. The topological polar surface area (TPSA) is 68.3 Å². The van der Waals surface area contributed by atoms with Crippen LogP contribution in [0.3, 0.4) is 0 Å². The molecule has 0 fully saturated rings. The van der Waals surface area contributed by atoms with Gasteiger partial charge in [-0.2, -0.15) is 0 Å². The quantitative estimate of drug-likeness (QED) is 0.491. The molecule has 0 saturated carbocycles. The Kier molecular flexibility index (Phi) is 4.70. The number of rotatable bonds is 4. The number of fused-ring (bicyclic) bond motifs is 1. The minimum atomic E-state index is -0.411. The van der Waals surface area contributed by atoms with Gasteiger partial charge in [0.15, 0.2) is 0 Å². The van der Waals surface area contributed by atoms with Gasteiger partial charge in [-0.05, 0) is 48.5 Å². The molecule has 0 atom stereocenters. The Bertz CT molecular complexity index is 1100. The molecule has 2 aromatic heterocycles. The molecule has 0 radical (unpaired) electrons. The molecule has 0 aliphatic carbocycles. The maximum atomic E-state index is 12.5. The normalized spacial score (nSPS) is 10.7. The molecule has 1 N–H and O–H groups in total. The van der Waals surface area contributed by atoms with Crippen LogP contribution >= 0.6 is 22.7 Å². The first-order valence-electron chi connectivity index (χ1n) is 8.09. The van der Waals surface area contributed by atoms with Gasteiger partial charge in [-0.15, -0.1) is 22.7 Å². The van der Waals surface area contributed by atoms with Gasteiger partial charge < -0.3 is 10.1 Å². The van der Waals surface area contributed by atoms with Crippen molar-refractivity contribution in [3.63, 3.8) is 0 Å². The molecular formula is C20H14N2O3S2. The van der Waals surface area contributed by atoms with Crippen molar-refractivity contribution in [3.05, 3.63) is 71.1 Å². The smallest absolute Gasteiger partial charge is 0.337 e. The van der Waals surface area contributed by atoms with Crippen molar-refractivity contribution in [1.82, 2.24) is 4.98 Å². The highest BCUT2D eigenvalue weighted by molar-refractivity contribution is 7.26. The zero-order valence-electron chi connectivity index (χ0n) is 14.3. The lowest BCUT2D eigenvalue weighted by molar-refractivity contribution is 0.0600. The number of hydrogen-bond donors (Lipinski definition) is 1. The van der Waals surface area contributed by atoms with Gasteiger partial charge in [0.2, 0.25) is 0 Å². The molecule has 4 rings (SSSR count). The van der Waals surface area contributed by atoms with Gasteiger partial charge in [0.1, 0.15) is 5.01 Å². The third kappa shape index (κ3) is 3.60. The van der Waals surface area contributed by atoms with E-state index in [1.54, 1.807) is 41.7 Å².